The monoisotopic (exact) mass is 472 g/mol. The van der Waals surface area contributed by atoms with E-state index in [1.54, 1.807) is 23.3 Å². The molecule has 3 aromatic rings. The van der Waals surface area contributed by atoms with E-state index in [-0.39, 0.29) is 24.3 Å². The molecule has 0 spiro atoms. The number of amides is 1. The molecule has 3 N–H and O–H groups in total. The van der Waals surface area contributed by atoms with Crippen LogP contribution in [0.2, 0.25) is 0 Å². The molecule has 1 unspecified atom stereocenters. The number of carbonyl (C=O) groups is 1. The van der Waals surface area contributed by atoms with Gasteiger partial charge in [-0.05, 0) is 44.2 Å². The van der Waals surface area contributed by atoms with Crippen LogP contribution in [0, 0.1) is 5.92 Å². The predicted octanol–water partition coefficient (Wildman–Crippen LogP) is 3.53. The van der Waals surface area contributed by atoms with Gasteiger partial charge in [-0.15, -0.1) is 0 Å². The summed E-state index contributed by atoms with van der Waals surface area (Å²) in [6.45, 7) is 12.9. The summed E-state index contributed by atoms with van der Waals surface area (Å²) in [6.07, 6.45) is 10.9. The van der Waals surface area contributed by atoms with Crippen molar-refractivity contribution >= 4 is 17.6 Å². The third-order valence-electron chi connectivity index (χ3n) is 6.69. The van der Waals surface area contributed by atoms with Gasteiger partial charge in [-0.3, -0.25) is 19.5 Å². The van der Waals surface area contributed by atoms with Crippen molar-refractivity contribution in [3.63, 3.8) is 0 Å². The Balaban J connectivity index is 1.52. The predicted molar refractivity (Wildman–Crippen MR) is 137 cm³/mol. The maximum Gasteiger partial charge on any atom is 0.241 e. The number of hydrogen-bond donors (Lipinski definition) is 2. The van der Waals surface area contributed by atoms with Gasteiger partial charge in [-0.2, -0.15) is 5.10 Å². The summed E-state index contributed by atoms with van der Waals surface area (Å²) in [7, 11) is 0. The van der Waals surface area contributed by atoms with Crippen molar-refractivity contribution < 1.29 is 4.79 Å². The second-order valence-corrected chi connectivity index (χ2v) is 9.53. The van der Waals surface area contributed by atoms with E-state index in [1.807, 2.05) is 31.5 Å². The standard InChI is InChI=1S/C26H32N8O/c1-16(2)26(5,21-6-9-23(28-13-21)19-10-29-25(27)30-11-19)18(4)32-17(3)20-12-31-34(14-20)15-24(35)33-22-7-8-22/h6,9-14,16,22H,4,7-8,15H2,1-3,5H3,(H,33,35)(H2,27,29,30). The Morgan fingerprint density at radius 2 is 1.94 bits per heavy atom. The Labute approximate surface area is 205 Å². The number of nitrogens with one attached hydrogen (secondary N) is 1. The first-order chi connectivity index (χ1) is 16.7. The van der Waals surface area contributed by atoms with E-state index >= 15 is 0 Å². The summed E-state index contributed by atoms with van der Waals surface area (Å²) in [5.74, 6) is 0.428. The zero-order chi connectivity index (χ0) is 25.2. The summed E-state index contributed by atoms with van der Waals surface area (Å²) >= 11 is 0. The van der Waals surface area contributed by atoms with Gasteiger partial charge in [-0.25, -0.2) is 9.97 Å². The third kappa shape index (κ3) is 5.45. The van der Waals surface area contributed by atoms with Gasteiger partial charge in [0.1, 0.15) is 6.54 Å². The molecule has 0 saturated heterocycles. The van der Waals surface area contributed by atoms with Crippen LogP contribution in [0.5, 0.6) is 0 Å². The summed E-state index contributed by atoms with van der Waals surface area (Å²) in [6, 6.07) is 4.33. The minimum Gasteiger partial charge on any atom is -0.368 e. The maximum atomic E-state index is 12.1. The lowest BCUT2D eigenvalue weighted by atomic mass is 9.71. The highest BCUT2D eigenvalue weighted by molar-refractivity contribution is 5.99. The number of nitrogens with two attached hydrogens (primary N) is 1. The highest BCUT2D eigenvalue weighted by Crippen LogP contribution is 2.39. The molecule has 35 heavy (non-hydrogen) atoms. The molecule has 4 rings (SSSR count). The quantitative estimate of drug-likeness (QED) is 0.459. The molecule has 1 amide bonds. The van der Waals surface area contributed by atoms with Crippen LogP contribution in [0.25, 0.3) is 11.3 Å². The smallest absolute Gasteiger partial charge is 0.241 e. The van der Waals surface area contributed by atoms with Gasteiger partial charge in [0.05, 0.1) is 11.9 Å². The number of nitrogens with zero attached hydrogens (tertiary/aromatic N) is 6. The molecular weight excluding hydrogens is 440 g/mol. The number of pyridine rings is 1. The Morgan fingerprint density at radius 1 is 1.23 bits per heavy atom. The number of nitrogen functional groups attached to an aromatic ring is 1. The van der Waals surface area contributed by atoms with Crippen molar-refractivity contribution in [2.75, 3.05) is 5.73 Å². The minimum absolute atomic E-state index is 0.0185. The third-order valence-corrected chi connectivity index (χ3v) is 6.69. The van der Waals surface area contributed by atoms with Crippen LogP contribution >= 0.6 is 0 Å². The number of aliphatic imine (C=N–C) groups is 1. The lowest BCUT2D eigenvalue weighted by Gasteiger charge is -2.34. The molecule has 0 bridgehead atoms. The van der Waals surface area contributed by atoms with Crippen LogP contribution in [0.15, 0.2) is 60.4 Å². The van der Waals surface area contributed by atoms with Gasteiger partial charge in [0, 0.05) is 58.8 Å². The SMILES string of the molecule is C=C(N=C(C)c1cnn(CC(=O)NC2CC2)c1)C(C)(c1ccc(-c2cnc(N)nc2)nc1)C(C)C. The fourth-order valence-corrected chi connectivity index (χ4v) is 3.84. The van der Waals surface area contributed by atoms with Crippen LogP contribution in [0.3, 0.4) is 0 Å². The average molecular weight is 473 g/mol. The Bertz CT molecular complexity index is 1240. The van der Waals surface area contributed by atoms with Gasteiger partial charge < -0.3 is 11.1 Å². The van der Waals surface area contributed by atoms with Gasteiger partial charge in [-0.1, -0.05) is 26.5 Å². The Morgan fingerprint density at radius 3 is 2.54 bits per heavy atom. The fraction of sp³-hybridized carbons (Fsp3) is 0.385. The molecule has 3 heterocycles. The topological polar surface area (TPSA) is 124 Å². The lowest BCUT2D eigenvalue weighted by molar-refractivity contribution is -0.122. The van der Waals surface area contributed by atoms with Crippen molar-refractivity contribution in [1.29, 1.82) is 0 Å². The number of carbonyl (C=O) groups excluding carboxylic acids is 1. The highest BCUT2D eigenvalue weighted by Gasteiger charge is 2.34. The van der Waals surface area contributed by atoms with Crippen LogP contribution in [-0.2, 0) is 16.8 Å². The molecule has 1 aliphatic rings. The molecule has 9 heteroatoms. The van der Waals surface area contributed by atoms with E-state index in [9.17, 15) is 4.79 Å². The van der Waals surface area contributed by atoms with E-state index < -0.39 is 5.41 Å². The molecular formula is C26H32N8O. The fourth-order valence-electron chi connectivity index (χ4n) is 3.84. The Kier molecular flexibility index (Phi) is 6.77. The first-order valence-electron chi connectivity index (χ1n) is 11.8. The summed E-state index contributed by atoms with van der Waals surface area (Å²) in [5, 5.41) is 7.31. The molecule has 0 aromatic carbocycles. The van der Waals surface area contributed by atoms with Crippen molar-refractivity contribution in [2.45, 2.75) is 58.5 Å². The molecule has 1 saturated carbocycles. The number of rotatable bonds is 9. The number of aromatic nitrogens is 5. The van der Waals surface area contributed by atoms with Crippen molar-refractivity contribution in [1.82, 2.24) is 30.0 Å². The second kappa shape index (κ2) is 9.77. The van der Waals surface area contributed by atoms with Crippen molar-refractivity contribution in [3.05, 3.63) is 66.5 Å². The molecule has 1 aliphatic carbocycles. The van der Waals surface area contributed by atoms with Gasteiger partial charge in [0.15, 0.2) is 0 Å². The van der Waals surface area contributed by atoms with Crippen LogP contribution in [-0.4, -0.2) is 42.4 Å². The summed E-state index contributed by atoms with van der Waals surface area (Å²) in [4.78, 5) is 29.7. The largest absolute Gasteiger partial charge is 0.368 e. The number of anilines is 1. The molecule has 3 aromatic heterocycles. The van der Waals surface area contributed by atoms with E-state index in [4.69, 9.17) is 10.7 Å². The molecule has 182 valence electrons. The summed E-state index contributed by atoms with van der Waals surface area (Å²) in [5.41, 5.74) is 10.1. The Hall–Kier alpha value is -3.88. The van der Waals surface area contributed by atoms with E-state index in [0.29, 0.717) is 6.04 Å². The average Bonchev–Trinajstić information content (AvgIpc) is 3.52. The lowest BCUT2D eigenvalue weighted by Crippen LogP contribution is -2.30. The zero-order valence-electron chi connectivity index (χ0n) is 20.7. The van der Waals surface area contributed by atoms with Crippen LogP contribution < -0.4 is 11.1 Å². The number of allylic oxidation sites excluding steroid dienone is 1. The van der Waals surface area contributed by atoms with Crippen molar-refractivity contribution in [3.8, 4) is 11.3 Å². The van der Waals surface area contributed by atoms with E-state index in [2.05, 4.69) is 52.7 Å². The normalized spacial score (nSPS) is 15.6. The maximum absolute atomic E-state index is 12.1. The molecule has 0 aliphatic heterocycles. The first kappa shape index (κ1) is 24.3. The van der Waals surface area contributed by atoms with E-state index in [1.165, 1.54) is 0 Å². The minimum atomic E-state index is -0.440. The molecule has 0 radical (unpaired) electrons. The van der Waals surface area contributed by atoms with Gasteiger partial charge in [0.25, 0.3) is 0 Å². The highest BCUT2D eigenvalue weighted by atomic mass is 16.2. The van der Waals surface area contributed by atoms with E-state index in [0.717, 1.165) is 46.6 Å². The number of hydrogen-bond acceptors (Lipinski definition) is 7. The van der Waals surface area contributed by atoms with Gasteiger partial charge >= 0.3 is 0 Å². The van der Waals surface area contributed by atoms with Crippen LogP contribution in [0.4, 0.5) is 5.95 Å². The molecule has 1 fully saturated rings. The van der Waals surface area contributed by atoms with Crippen molar-refractivity contribution in [2.24, 2.45) is 10.9 Å². The van der Waals surface area contributed by atoms with Gasteiger partial charge in [0.2, 0.25) is 11.9 Å². The zero-order valence-corrected chi connectivity index (χ0v) is 20.7. The molecule has 1 atom stereocenters. The second-order valence-electron chi connectivity index (χ2n) is 9.53. The van der Waals surface area contributed by atoms with Crippen LogP contribution in [0.1, 0.15) is 51.7 Å². The summed E-state index contributed by atoms with van der Waals surface area (Å²) < 4.78 is 1.64. The first-order valence-corrected chi connectivity index (χ1v) is 11.8. The molecule has 9 nitrogen and oxygen atoms in total.